The lowest BCUT2D eigenvalue weighted by molar-refractivity contribution is 0.0696. The minimum Gasteiger partial charge on any atom is -0.478 e. The van der Waals surface area contributed by atoms with Gasteiger partial charge in [0.1, 0.15) is 0 Å². The van der Waals surface area contributed by atoms with Gasteiger partial charge in [-0.15, -0.1) is 0 Å². The molecule has 18 heavy (non-hydrogen) atoms. The van der Waals surface area contributed by atoms with E-state index in [0.29, 0.717) is 0 Å². The first-order valence-electron chi connectivity index (χ1n) is 5.35. The van der Waals surface area contributed by atoms with Crippen LogP contribution in [-0.2, 0) is 14.3 Å². The van der Waals surface area contributed by atoms with E-state index in [1.54, 1.807) is 0 Å². The molecule has 0 heterocycles. The summed E-state index contributed by atoms with van der Waals surface area (Å²) in [5, 5.41) is 8.71. The maximum Gasteiger partial charge on any atom is 0.335 e. The van der Waals surface area contributed by atoms with Crippen molar-refractivity contribution in [1.29, 1.82) is 0 Å². The number of carbonyl (C=O) groups is 1. The van der Waals surface area contributed by atoms with Crippen molar-refractivity contribution >= 4 is 16.1 Å². The Morgan fingerprint density at radius 2 is 1.72 bits per heavy atom. The predicted molar refractivity (Wildman–Crippen MR) is 66.0 cm³/mol. The first-order chi connectivity index (χ1) is 8.12. The summed E-state index contributed by atoms with van der Waals surface area (Å²) in [6, 6.07) is 4.91. The van der Waals surface area contributed by atoms with Crippen LogP contribution in [0.1, 0.15) is 31.1 Å². The van der Waals surface area contributed by atoms with Crippen LogP contribution < -0.4 is 0 Å². The van der Waals surface area contributed by atoms with Gasteiger partial charge >= 0.3 is 5.97 Å². The molecule has 0 saturated carbocycles. The molecule has 0 amide bonds. The average Bonchev–Trinajstić information content (AvgIpc) is 2.26. The first kappa shape index (κ1) is 14.7. The van der Waals surface area contributed by atoms with Gasteiger partial charge in [-0.25, -0.2) is 4.79 Å². The van der Waals surface area contributed by atoms with E-state index in [-0.39, 0.29) is 22.5 Å². The lowest BCUT2D eigenvalue weighted by Gasteiger charge is -2.17. The highest BCUT2D eigenvalue weighted by molar-refractivity contribution is 7.86. The van der Waals surface area contributed by atoms with E-state index in [1.807, 2.05) is 20.8 Å². The second kappa shape index (κ2) is 5.07. The van der Waals surface area contributed by atoms with Gasteiger partial charge in [0.2, 0.25) is 0 Å². The topological polar surface area (TPSA) is 80.7 Å². The van der Waals surface area contributed by atoms with Crippen LogP contribution in [0.2, 0.25) is 0 Å². The molecule has 0 bridgehead atoms. The molecular formula is C12H16O5S. The number of hydrogen-bond acceptors (Lipinski definition) is 4. The molecule has 0 radical (unpaired) electrons. The normalized spacial score (nSPS) is 12.4. The average molecular weight is 272 g/mol. The van der Waals surface area contributed by atoms with Crippen LogP contribution in [0, 0.1) is 5.41 Å². The van der Waals surface area contributed by atoms with Crippen molar-refractivity contribution < 1.29 is 22.5 Å². The molecule has 1 rings (SSSR count). The van der Waals surface area contributed by atoms with Gasteiger partial charge in [-0.3, -0.25) is 4.18 Å². The Morgan fingerprint density at radius 3 is 2.11 bits per heavy atom. The van der Waals surface area contributed by atoms with Crippen molar-refractivity contribution in [2.75, 3.05) is 6.61 Å². The Labute approximate surface area is 107 Å². The third-order valence-electron chi connectivity index (χ3n) is 2.04. The second-order valence-corrected chi connectivity index (χ2v) is 6.72. The van der Waals surface area contributed by atoms with Gasteiger partial charge in [-0.2, -0.15) is 8.42 Å². The van der Waals surface area contributed by atoms with Crippen LogP contribution in [0.5, 0.6) is 0 Å². The summed E-state index contributed by atoms with van der Waals surface area (Å²) in [6.07, 6.45) is 0. The molecule has 0 aliphatic rings. The van der Waals surface area contributed by atoms with E-state index < -0.39 is 16.1 Å². The van der Waals surface area contributed by atoms with E-state index in [2.05, 4.69) is 0 Å². The summed E-state index contributed by atoms with van der Waals surface area (Å²) in [6.45, 7) is 5.64. The smallest absolute Gasteiger partial charge is 0.335 e. The maximum absolute atomic E-state index is 11.8. The number of hydrogen-bond donors (Lipinski definition) is 1. The molecule has 1 N–H and O–H groups in total. The van der Waals surface area contributed by atoms with E-state index in [1.165, 1.54) is 24.3 Å². The maximum atomic E-state index is 11.8. The monoisotopic (exact) mass is 272 g/mol. The van der Waals surface area contributed by atoms with E-state index >= 15 is 0 Å². The fraction of sp³-hybridized carbons (Fsp3) is 0.417. The van der Waals surface area contributed by atoms with Gasteiger partial charge in [-0.1, -0.05) is 20.8 Å². The lowest BCUT2D eigenvalue weighted by atomic mass is 9.99. The number of aromatic carboxylic acids is 1. The Morgan fingerprint density at radius 1 is 1.22 bits per heavy atom. The molecule has 0 aliphatic carbocycles. The van der Waals surface area contributed by atoms with Gasteiger partial charge < -0.3 is 5.11 Å². The van der Waals surface area contributed by atoms with Gasteiger partial charge in [0, 0.05) is 0 Å². The molecule has 6 heteroatoms. The van der Waals surface area contributed by atoms with Crippen molar-refractivity contribution in [3.63, 3.8) is 0 Å². The minimum absolute atomic E-state index is 0.0322. The molecular weight excluding hydrogens is 256 g/mol. The molecule has 100 valence electrons. The van der Waals surface area contributed by atoms with Crippen LogP contribution in [-0.4, -0.2) is 26.1 Å². The predicted octanol–water partition coefficient (Wildman–Crippen LogP) is 2.14. The van der Waals surface area contributed by atoms with Crippen molar-refractivity contribution in [3.8, 4) is 0 Å². The number of benzene rings is 1. The summed E-state index contributed by atoms with van der Waals surface area (Å²) >= 11 is 0. The fourth-order valence-electron chi connectivity index (χ4n) is 1.09. The molecule has 0 aliphatic heterocycles. The molecule has 0 saturated heterocycles. The number of rotatable bonds is 4. The molecule has 1 aromatic rings. The van der Waals surface area contributed by atoms with Crippen LogP contribution in [0.4, 0.5) is 0 Å². The Balaban J connectivity index is 2.89. The molecule has 0 fully saturated rings. The van der Waals surface area contributed by atoms with E-state index in [9.17, 15) is 13.2 Å². The van der Waals surface area contributed by atoms with Crippen LogP contribution in [0.15, 0.2) is 29.2 Å². The number of carboxylic acids is 1. The highest BCUT2D eigenvalue weighted by atomic mass is 32.2. The largest absolute Gasteiger partial charge is 0.478 e. The van der Waals surface area contributed by atoms with Gasteiger partial charge in [-0.05, 0) is 29.7 Å². The summed E-state index contributed by atoms with van der Waals surface area (Å²) in [7, 11) is -3.83. The third-order valence-corrected chi connectivity index (χ3v) is 3.31. The van der Waals surface area contributed by atoms with E-state index in [4.69, 9.17) is 9.29 Å². The van der Waals surface area contributed by atoms with Crippen LogP contribution in [0.3, 0.4) is 0 Å². The fourth-order valence-corrected chi connectivity index (χ4v) is 2.20. The second-order valence-electron chi connectivity index (χ2n) is 5.11. The lowest BCUT2D eigenvalue weighted by Crippen LogP contribution is -2.18. The third kappa shape index (κ3) is 4.12. The summed E-state index contributed by atoms with van der Waals surface area (Å²) in [4.78, 5) is 10.6. The zero-order valence-corrected chi connectivity index (χ0v) is 11.3. The molecule has 1 aromatic carbocycles. The van der Waals surface area contributed by atoms with Crippen LogP contribution in [0.25, 0.3) is 0 Å². The molecule has 0 unspecified atom stereocenters. The highest BCUT2D eigenvalue weighted by Gasteiger charge is 2.20. The highest BCUT2D eigenvalue weighted by Crippen LogP contribution is 2.19. The van der Waals surface area contributed by atoms with Crippen molar-refractivity contribution in [3.05, 3.63) is 29.8 Å². The van der Waals surface area contributed by atoms with Crippen molar-refractivity contribution in [2.45, 2.75) is 25.7 Å². The Bertz CT molecular complexity index is 523. The first-order valence-corrected chi connectivity index (χ1v) is 6.75. The van der Waals surface area contributed by atoms with Crippen LogP contribution >= 0.6 is 0 Å². The standard InChI is InChI=1S/C12H16O5S/c1-12(2,3)8-17-18(15,16)10-6-4-9(5-7-10)11(13)14/h4-7H,8H2,1-3H3,(H,13,14). The Hall–Kier alpha value is -1.40. The summed E-state index contributed by atoms with van der Waals surface area (Å²) in [5.74, 6) is -1.10. The zero-order chi connectivity index (χ0) is 14.0. The van der Waals surface area contributed by atoms with Gasteiger partial charge in [0.15, 0.2) is 0 Å². The SMILES string of the molecule is CC(C)(C)COS(=O)(=O)c1ccc(C(=O)O)cc1. The summed E-state index contributed by atoms with van der Waals surface area (Å²) in [5.41, 5.74) is -0.238. The summed E-state index contributed by atoms with van der Waals surface area (Å²) < 4.78 is 28.5. The molecule has 0 aromatic heterocycles. The van der Waals surface area contributed by atoms with Crippen molar-refractivity contribution in [1.82, 2.24) is 0 Å². The zero-order valence-electron chi connectivity index (χ0n) is 10.5. The Kier molecular flexibility index (Phi) is 4.13. The van der Waals surface area contributed by atoms with E-state index in [0.717, 1.165) is 0 Å². The van der Waals surface area contributed by atoms with Gasteiger partial charge in [0.05, 0.1) is 17.1 Å². The quantitative estimate of drug-likeness (QED) is 0.849. The molecule has 5 nitrogen and oxygen atoms in total. The molecule has 0 spiro atoms. The van der Waals surface area contributed by atoms with Crippen molar-refractivity contribution in [2.24, 2.45) is 5.41 Å². The number of carboxylic acid groups (broad SMARTS) is 1. The van der Waals surface area contributed by atoms with Gasteiger partial charge in [0.25, 0.3) is 10.1 Å². The molecule has 0 atom stereocenters. The minimum atomic E-state index is -3.83.